The van der Waals surface area contributed by atoms with E-state index in [4.69, 9.17) is 4.65 Å². The summed E-state index contributed by atoms with van der Waals surface area (Å²) in [5, 5.41) is 32.4. The van der Waals surface area contributed by atoms with Gasteiger partial charge in [-0.15, -0.1) is 0 Å². The van der Waals surface area contributed by atoms with E-state index >= 15 is 0 Å². The van der Waals surface area contributed by atoms with E-state index in [-0.39, 0.29) is 0 Å². The topological polar surface area (TPSA) is 55.3 Å². The van der Waals surface area contributed by atoms with Crippen molar-refractivity contribution in [2.45, 2.75) is 96.8 Å². The zero-order chi connectivity index (χ0) is 39.5. The molecule has 3 nitrogen and oxygen atoms in total. The average Bonchev–Trinajstić information content (AvgIpc) is 3.25. The number of hydrogen-bond donors (Lipinski definition) is 0. The highest BCUT2D eigenvalue weighted by molar-refractivity contribution is 7.95. The van der Waals surface area contributed by atoms with Gasteiger partial charge in [-0.2, -0.15) is 0 Å². The number of unbranched alkanes of at least 4 members (excludes halogenated alkanes) is 13. The molecule has 7 aromatic rings. The van der Waals surface area contributed by atoms with Gasteiger partial charge in [-0.25, -0.2) is 0 Å². The van der Waals surface area contributed by atoms with Crippen molar-refractivity contribution >= 4 is 62.8 Å². The lowest BCUT2D eigenvalue weighted by Crippen LogP contribution is -2.50. The first-order valence-electron chi connectivity index (χ1n) is 21.5. The Kier molecular flexibility index (Phi) is 16.6. The van der Waals surface area contributed by atoms with Crippen LogP contribution in [0.1, 0.15) is 96.8 Å². The quantitative estimate of drug-likeness (QED) is 0.0255. The molecule has 5 heteroatoms. The third-order valence-corrected chi connectivity index (χ3v) is 15.9. The molecule has 294 valence electrons. The zero-order valence-electron chi connectivity index (χ0n) is 33.9. The van der Waals surface area contributed by atoms with Gasteiger partial charge in [-0.1, -0.05) is 187 Å². The fourth-order valence-corrected chi connectivity index (χ4v) is 12.8. The molecule has 0 radical (unpaired) electrons. The van der Waals surface area contributed by atoms with Crippen molar-refractivity contribution in [2.24, 2.45) is 0 Å². The summed E-state index contributed by atoms with van der Waals surface area (Å²) in [5.74, 6) is 0.341. The van der Waals surface area contributed by atoms with E-state index in [2.05, 4.69) is 116 Å². The van der Waals surface area contributed by atoms with Gasteiger partial charge >= 0.3 is 0 Å². The van der Waals surface area contributed by atoms with Crippen LogP contribution in [0.4, 0.5) is 0 Å². The molecular weight excluding hydrogens is 714 g/mol. The first-order chi connectivity index (χ1) is 28.1. The van der Waals surface area contributed by atoms with E-state index in [0.717, 1.165) is 32.3 Å². The van der Waals surface area contributed by atoms with Crippen LogP contribution in [0.3, 0.4) is 0 Å². The smallest absolute Gasteiger partial charge is 0.133 e. The van der Waals surface area contributed by atoms with Crippen LogP contribution in [-0.4, -0.2) is 13.5 Å². The van der Waals surface area contributed by atoms with E-state index in [0.29, 0.717) is 5.75 Å². The summed E-state index contributed by atoms with van der Waals surface area (Å²) in [5.41, 5.74) is 0. The van der Waals surface area contributed by atoms with Crippen LogP contribution in [0, 0.1) is 0 Å². The minimum absolute atomic E-state index is 0.341. The van der Waals surface area contributed by atoms with Crippen molar-refractivity contribution < 1.29 is 14.7 Å². The molecule has 0 aliphatic heterocycles. The SMILES string of the molecule is CCCCCCCCCCCCCCCC[P+](c1ccccc1)(c1ccccc1)c1ccccc1.[O-]B([O-])Oc1cccc2ccc3cc4ccccc4cc3c12. The van der Waals surface area contributed by atoms with Gasteiger partial charge in [0, 0.05) is 5.39 Å². The second-order valence-corrected chi connectivity index (χ2v) is 19.0. The Balaban J connectivity index is 0.000000212. The minimum atomic E-state index is -2.33. The standard InChI is InChI=1S/C34H48P.C18H11BO3/c1-2-3-4-5-6-7-8-9-10-11-12-13-14-24-31-35(32-25-18-15-19-26-32,33-27-20-16-21-28-33)34-29-22-17-23-30-34;20-19(21)22-17-7-3-6-12-8-9-15-10-13-4-1-2-5-14(13)11-16(15)18(12)17/h15-23,25-30H,2-14,24,31H2,1H3;1-11H/q+1;-2. The maximum Gasteiger partial charge on any atom is 0.133 e. The molecule has 0 heterocycles. The lowest BCUT2D eigenvalue weighted by atomic mass is 9.97. The van der Waals surface area contributed by atoms with Gasteiger partial charge in [0.1, 0.15) is 36.2 Å². The van der Waals surface area contributed by atoms with Crippen molar-refractivity contribution in [1.82, 2.24) is 0 Å². The van der Waals surface area contributed by atoms with Crippen LogP contribution in [0.15, 0.2) is 158 Å². The van der Waals surface area contributed by atoms with E-state index in [1.165, 1.54) is 112 Å². The monoisotopic (exact) mass is 773 g/mol. The van der Waals surface area contributed by atoms with Crippen molar-refractivity contribution in [2.75, 3.05) is 6.16 Å². The van der Waals surface area contributed by atoms with Crippen LogP contribution in [0.2, 0.25) is 0 Å². The van der Waals surface area contributed by atoms with Gasteiger partial charge in [-0.05, 0) is 94.4 Å². The van der Waals surface area contributed by atoms with E-state index in [1.807, 2.05) is 36.4 Å². The van der Waals surface area contributed by atoms with Crippen LogP contribution in [0.25, 0.3) is 32.3 Å². The first kappa shape index (κ1) is 42.1. The maximum atomic E-state index is 10.9. The van der Waals surface area contributed by atoms with Crippen molar-refractivity contribution in [3.8, 4) is 5.75 Å². The van der Waals surface area contributed by atoms with Gasteiger partial charge in [0.05, 0.1) is 6.16 Å². The highest BCUT2D eigenvalue weighted by Crippen LogP contribution is 2.56. The second-order valence-electron chi connectivity index (χ2n) is 15.4. The molecule has 0 unspecified atom stereocenters. The van der Waals surface area contributed by atoms with Gasteiger partial charge in [0.2, 0.25) is 0 Å². The summed E-state index contributed by atoms with van der Waals surface area (Å²) < 4.78 is 4.94. The molecular formula is C52H59BO3P-. The van der Waals surface area contributed by atoms with Gasteiger partial charge in [-0.3, -0.25) is 0 Å². The first-order valence-corrected chi connectivity index (χ1v) is 23.4. The largest absolute Gasteiger partial charge is 0.860 e. The molecule has 0 bridgehead atoms. The van der Waals surface area contributed by atoms with E-state index < -0.39 is 14.6 Å². The van der Waals surface area contributed by atoms with Gasteiger partial charge in [0.15, 0.2) is 0 Å². The number of benzene rings is 7. The molecule has 7 rings (SSSR count). The van der Waals surface area contributed by atoms with Crippen LogP contribution >= 0.6 is 7.26 Å². The lowest BCUT2D eigenvalue weighted by Gasteiger charge is -2.27. The molecule has 7 aromatic carbocycles. The Morgan fingerprint density at radius 1 is 0.421 bits per heavy atom. The summed E-state index contributed by atoms with van der Waals surface area (Å²) in [6.07, 6.45) is 21.0. The Labute approximate surface area is 342 Å². The third kappa shape index (κ3) is 11.6. The third-order valence-electron chi connectivity index (χ3n) is 11.3. The fourth-order valence-electron chi connectivity index (χ4n) is 8.39. The van der Waals surface area contributed by atoms with Crippen molar-refractivity contribution in [1.29, 1.82) is 0 Å². The molecule has 0 atom stereocenters. The molecule has 0 saturated heterocycles. The summed E-state index contributed by atoms with van der Waals surface area (Å²) in [7, 11) is -3.97. The van der Waals surface area contributed by atoms with E-state index in [9.17, 15) is 10.0 Å². The highest BCUT2D eigenvalue weighted by Gasteiger charge is 2.44. The van der Waals surface area contributed by atoms with Crippen molar-refractivity contribution in [3.63, 3.8) is 0 Å². The van der Waals surface area contributed by atoms with Crippen LogP contribution < -0.4 is 30.6 Å². The number of fused-ring (bicyclic) bond motifs is 4. The zero-order valence-corrected chi connectivity index (χ0v) is 34.8. The van der Waals surface area contributed by atoms with Crippen molar-refractivity contribution in [3.05, 3.63) is 158 Å². The molecule has 0 amide bonds. The molecule has 0 spiro atoms. The maximum absolute atomic E-state index is 10.9. The molecule has 0 fully saturated rings. The molecule has 57 heavy (non-hydrogen) atoms. The number of rotatable bonds is 20. The summed E-state index contributed by atoms with van der Waals surface area (Å²) in [6, 6.07) is 55.7. The highest BCUT2D eigenvalue weighted by atomic mass is 31.2. The Bertz CT molecular complexity index is 2110. The molecule has 0 saturated carbocycles. The van der Waals surface area contributed by atoms with E-state index in [1.54, 1.807) is 12.1 Å². The average molecular weight is 774 g/mol. The normalized spacial score (nSPS) is 11.4. The Morgan fingerprint density at radius 3 is 1.33 bits per heavy atom. The minimum Gasteiger partial charge on any atom is -0.860 e. The van der Waals surface area contributed by atoms with Gasteiger partial charge in [0.25, 0.3) is 0 Å². The summed E-state index contributed by atoms with van der Waals surface area (Å²) in [6.45, 7) is 2.30. The molecule has 0 aliphatic rings. The lowest BCUT2D eigenvalue weighted by molar-refractivity contribution is -0.372. The predicted octanol–water partition coefficient (Wildman–Crippen LogP) is 11.7. The summed E-state index contributed by atoms with van der Waals surface area (Å²) in [4.78, 5) is 0. The molecule has 0 aromatic heterocycles. The van der Waals surface area contributed by atoms with Crippen LogP contribution in [-0.2, 0) is 0 Å². The fraction of sp³-hybridized carbons (Fsp3) is 0.308. The Morgan fingerprint density at radius 2 is 0.842 bits per heavy atom. The number of hydrogen-bond acceptors (Lipinski definition) is 3. The predicted molar refractivity (Wildman–Crippen MR) is 246 cm³/mol. The molecule has 0 aliphatic carbocycles. The second kappa shape index (κ2) is 22.5. The van der Waals surface area contributed by atoms with Crippen LogP contribution in [0.5, 0.6) is 5.75 Å². The molecule has 0 N–H and O–H groups in total. The van der Waals surface area contributed by atoms with Gasteiger partial charge < -0.3 is 14.7 Å². The Hall–Kier alpha value is -4.47. The summed E-state index contributed by atoms with van der Waals surface area (Å²) >= 11 is 0.